The summed E-state index contributed by atoms with van der Waals surface area (Å²) in [5.41, 5.74) is 0.885. The minimum atomic E-state index is -0.213. The molecule has 0 saturated carbocycles. The molecule has 3 heterocycles. The van der Waals surface area contributed by atoms with Crippen molar-refractivity contribution in [3.8, 4) is 0 Å². The van der Waals surface area contributed by atoms with Crippen molar-refractivity contribution in [1.82, 2.24) is 24.4 Å². The Morgan fingerprint density at radius 3 is 2.92 bits per heavy atom. The second kappa shape index (κ2) is 7.21. The van der Waals surface area contributed by atoms with Gasteiger partial charge in [0.25, 0.3) is 5.56 Å². The van der Waals surface area contributed by atoms with Crippen molar-refractivity contribution in [2.24, 2.45) is 0 Å². The van der Waals surface area contributed by atoms with Crippen molar-refractivity contribution in [1.29, 1.82) is 0 Å². The quantitative estimate of drug-likeness (QED) is 0.913. The number of aromatic nitrogens is 4. The second-order valence-corrected chi connectivity index (χ2v) is 6.63. The molecule has 1 atom stereocenters. The average molecular weight is 343 g/mol. The lowest BCUT2D eigenvalue weighted by Crippen LogP contribution is -2.42. The van der Waals surface area contributed by atoms with E-state index in [1.165, 1.54) is 0 Å². The van der Waals surface area contributed by atoms with Crippen LogP contribution in [0.3, 0.4) is 0 Å². The summed E-state index contributed by atoms with van der Waals surface area (Å²) in [6.45, 7) is 7.01. The summed E-state index contributed by atoms with van der Waals surface area (Å²) in [5, 5.41) is 0. The van der Waals surface area contributed by atoms with E-state index in [1.54, 1.807) is 13.8 Å². The first-order valence-electron chi connectivity index (χ1n) is 8.85. The number of aryl methyl sites for hydroxylation is 3. The Balaban J connectivity index is 1.74. The number of likely N-dealkylation sites (tertiary alicyclic amines) is 1. The number of imidazole rings is 1. The molecule has 25 heavy (non-hydrogen) atoms. The highest BCUT2D eigenvalue weighted by Gasteiger charge is 2.26. The standard InChI is InChI=1S/C18H25N5O2/c1-4-16-19-7-9-23(16)14-6-5-8-22(11-14)17(24)10-15-12(2)20-13(3)21-18(15)25/h7,9,14H,4-6,8,10-11H2,1-3H3,(H,20,21,25)/t14-/m1/s1. The van der Waals surface area contributed by atoms with Crippen molar-refractivity contribution in [3.05, 3.63) is 45.7 Å². The first kappa shape index (κ1) is 17.4. The number of piperidine rings is 1. The first-order chi connectivity index (χ1) is 12.0. The predicted molar refractivity (Wildman–Crippen MR) is 94.5 cm³/mol. The molecule has 1 N–H and O–H groups in total. The molecule has 3 rings (SSSR count). The molecule has 134 valence electrons. The molecule has 1 amide bonds. The van der Waals surface area contributed by atoms with E-state index in [1.807, 2.05) is 17.3 Å². The van der Waals surface area contributed by atoms with Gasteiger partial charge in [0.15, 0.2) is 0 Å². The van der Waals surface area contributed by atoms with Crippen molar-refractivity contribution >= 4 is 5.91 Å². The summed E-state index contributed by atoms with van der Waals surface area (Å²) in [4.78, 5) is 38.1. The molecule has 2 aromatic heterocycles. The van der Waals surface area contributed by atoms with Gasteiger partial charge in [-0.2, -0.15) is 0 Å². The van der Waals surface area contributed by atoms with Crippen LogP contribution in [-0.2, 0) is 17.6 Å². The van der Waals surface area contributed by atoms with Crippen LogP contribution in [0.15, 0.2) is 17.2 Å². The molecule has 1 aliphatic heterocycles. The zero-order chi connectivity index (χ0) is 18.0. The van der Waals surface area contributed by atoms with E-state index >= 15 is 0 Å². The Hall–Kier alpha value is -2.44. The van der Waals surface area contributed by atoms with E-state index in [0.29, 0.717) is 23.6 Å². The predicted octanol–water partition coefficient (Wildman–Crippen LogP) is 1.55. The summed E-state index contributed by atoms with van der Waals surface area (Å²) in [7, 11) is 0. The highest BCUT2D eigenvalue weighted by Crippen LogP contribution is 2.23. The average Bonchev–Trinajstić information content (AvgIpc) is 3.06. The van der Waals surface area contributed by atoms with Crippen LogP contribution in [0.2, 0.25) is 0 Å². The van der Waals surface area contributed by atoms with Gasteiger partial charge in [-0.05, 0) is 26.7 Å². The SMILES string of the molecule is CCc1nccn1[C@@H]1CCCN(C(=O)Cc2c(C)nc(C)[nH]c2=O)C1. The lowest BCUT2D eigenvalue weighted by Gasteiger charge is -2.34. The third kappa shape index (κ3) is 3.65. The number of hydrogen-bond donors (Lipinski definition) is 1. The number of amides is 1. The molecule has 0 aliphatic carbocycles. The topological polar surface area (TPSA) is 83.9 Å². The van der Waals surface area contributed by atoms with Crippen LogP contribution in [0.1, 0.15) is 48.7 Å². The van der Waals surface area contributed by atoms with Gasteiger partial charge >= 0.3 is 0 Å². The van der Waals surface area contributed by atoms with E-state index < -0.39 is 0 Å². The van der Waals surface area contributed by atoms with Crippen LogP contribution in [0.5, 0.6) is 0 Å². The molecule has 1 saturated heterocycles. The van der Waals surface area contributed by atoms with Gasteiger partial charge < -0.3 is 14.5 Å². The Morgan fingerprint density at radius 1 is 1.40 bits per heavy atom. The molecular formula is C18H25N5O2. The number of aromatic amines is 1. The lowest BCUT2D eigenvalue weighted by molar-refractivity contribution is -0.132. The molecule has 0 unspecified atom stereocenters. The summed E-state index contributed by atoms with van der Waals surface area (Å²) in [6, 6.07) is 0.255. The molecule has 7 nitrogen and oxygen atoms in total. The van der Waals surface area contributed by atoms with E-state index in [9.17, 15) is 9.59 Å². The number of rotatable bonds is 4. The normalized spacial score (nSPS) is 17.7. The Labute approximate surface area is 147 Å². The van der Waals surface area contributed by atoms with Crippen molar-refractivity contribution in [2.45, 2.75) is 52.5 Å². The van der Waals surface area contributed by atoms with E-state index in [0.717, 1.165) is 31.6 Å². The summed E-state index contributed by atoms with van der Waals surface area (Å²) in [6.07, 6.45) is 6.79. The van der Waals surface area contributed by atoms with Crippen LogP contribution in [0, 0.1) is 13.8 Å². The zero-order valence-corrected chi connectivity index (χ0v) is 15.1. The van der Waals surface area contributed by atoms with Gasteiger partial charge in [-0.3, -0.25) is 9.59 Å². The first-order valence-corrected chi connectivity index (χ1v) is 8.85. The zero-order valence-electron chi connectivity index (χ0n) is 15.1. The van der Waals surface area contributed by atoms with Gasteiger partial charge in [-0.1, -0.05) is 6.92 Å². The monoisotopic (exact) mass is 343 g/mol. The highest BCUT2D eigenvalue weighted by atomic mass is 16.2. The lowest BCUT2D eigenvalue weighted by atomic mass is 10.0. The number of H-pyrrole nitrogens is 1. The minimum absolute atomic E-state index is 0.0119. The maximum atomic E-state index is 12.7. The van der Waals surface area contributed by atoms with Crippen LogP contribution in [0.4, 0.5) is 0 Å². The number of nitrogens with one attached hydrogen (secondary N) is 1. The smallest absolute Gasteiger partial charge is 0.254 e. The molecule has 1 aliphatic rings. The molecule has 0 spiro atoms. The van der Waals surface area contributed by atoms with Crippen LogP contribution < -0.4 is 5.56 Å². The summed E-state index contributed by atoms with van der Waals surface area (Å²) in [5.74, 6) is 1.61. The maximum absolute atomic E-state index is 12.7. The van der Waals surface area contributed by atoms with E-state index in [-0.39, 0.29) is 23.9 Å². The fourth-order valence-electron chi connectivity index (χ4n) is 3.58. The minimum Gasteiger partial charge on any atom is -0.340 e. The molecule has 1 fully saturated rings. The van der Waals surface area contributed by atoms with Crippen LogP contribution >= 0.6 is 0 Å². The molecule has 2 aromatic rings. The Kier molecular flexibility index (Phi) is 5.01. The molecular weight excluding hydrogens is 318 g/mol. The number of hydrogen-bond acceptors (Lipinski definition) is 4. The van der Waals surface area contributed by atoms with Gasteiger partial charge in [0.1, 0.15) is 11.6 Å². The second-order valence-electron chi connectivity index (χ2n) is 6.63. The van der Waals surface area contributed by atoms with Crippen molar-refractivity contribution < 1.29 is 4.79 Å². The number of nitrogens with zero attached hydrogens (tertiary/aromatic N) is 4. The fourth-order valence-corrected chi connectivity index (χ4v) is 3.58. The molecule has 7 heteroatoms. The van der Waals surface area contributed by atoms with Gasteiger partial charge in [-0.15, -0.1) is 0 Å². The summed E-state index contributed by atoms with van der Waals surface area (Å²) < 4.78 is 2.19. The molecule has 0 bridgehead atoms. The molecule has 0 aromatic carbocycles. The Bertz CT molecular complexity index is 823. The van der Waals surface area contributed by atoms with Crippen molar-refractivity contribution in [3.63, 3.8) is 0 Å². The largest absolute Gasteiger partial charge is 0.340 e. The fraction of sp³-hybridized carbons (Fsp3) is 0.556. The maximum Gasteiger partial charge on any atom is 0.254 e. The Morgan fingerprint density at radius 2 is 2.20 bits per heavy atom. The van der Waals surface area contributed by atoms with Gasteiger partial charge in [0, 0.05) is 43.2 Å². The van der Waals surface area contributed by atoms with Crippen LogP contribution in [0.25, 0.3) is 0 Å². The summed E-state index contributed by atoms with van der Waals surface area (Å²) >= 11 is 0. The third-order valence-corrected chi connectivity index (χ3v) is 4.88. The van der Waals surface area contributed by atoms with Crippen LogP contribution in [-0.4, -0.2) is 43.4 Å². The third-order valence-electron chi connectivity index (χ3n) is 4.88. The van der Waals surface area contributed by atoms with Crippen molar-refractivity contribution in [2.75, 3.05) is 13.1 Å². The van der Waals surface area contributed by atoms with E-state index in [4.69, 9.17) is 0 Å². The van der Waals surface area contributed by atoms with Gasteiger partial charge in [0.05, 0.1) is 12.5 Å². The number of carbonyl (C=O) groups is 1. The number of carbonyl (C=O) groups excluding carboxylic acids is 1. The van der Waals surface area contributed by atoms with Gasteiger partial charge in [-0.25, -0.2) is 9.97 Å². The molecule has 0 radical (unpaired) electrons. The van der Waals surface area contributed by atoms with E-state index in [2.05, 4.69) is 26.4 Å². The highest BCUT2D eigenvalue weighted by molar-refractivity contribution is 5.79. The van der Waals surface area contributed by atoms with Gasteiger partial charge in [0.2, 0.25) is 5.91 Å².